The Labute approximate surface area is 305 Å². The number of aryl methyl sites for hydroxylation is 1. The molecule has 0 saturated heterocycles. The van der Waals surface area contributed by atoms with Crippen molar-refractivity contribution in [3.05, 3.63) is 99.9 Å². The summed E-state index contributed by atoms with van der Waals surface area (Å²) in [7, 11) is 0.910. The maximum absolute atomic E-state index is 12.0. The van der Waals surface area contributed by atoms with Gasteiger partial charge in [-0.15, -0.1) is 0 Å². The molecule has 2 aliphatic heterocycles. The third kappa shape index (κ3) is 7.81. The zero-order valence-corrected chi connectivity index (χ0v) is 32.4. The summed E-state index contributed by atoms with van der Waals surface area (Å²) in [5, 5.41) is 9.74. The molecule has 0 aromatic heterocycles. The highest BCUT2D eigenvalue weighted by Crippen LogP contribution is 2.49. The highest BCUT2D eigenvalue weighted by molar-refractivity contribution is 7.85. The molecule has 5 rings (SSSR count). The molecule has 3 aliphatic rings. The summed E-state index contributed by atoms with van der Waals surface area (Å²) in [5.74, 6) is 0. The molecule has 0 atom stereocenters. The van der Waals surface area contributed by atoms with Crippen molar-refractivity contribution in [3.8, 4) is 0 Å². The van der Waals surface area contributed by atoms with Gasteiger partial charge in [0.2, 0.25) is 5.69 Å². The van der Waals surface area contributed by atoms with E-state index >= 15 is 0 Å². The number of fused-ring (bicyclic) bond motifs is 2. The second kappa shape index (κ2) is 15.6. The highest BCUT2D eigenvalue weighted by atomic mass is 32.2. The number of likely N-dealkylation sites (N-methyl/N-ethyl adjacent to an activating group) is 1. The van der Waals surface area contributed by atoms with Crippen molar-refractivity contribution >= 4 is 27.2 Å². The molecule has 0 spiro atoms. The number of aliphatic hydroxyl groups is 1. The fraction of sp³-hybridized carbons (Fsp3) is 0.488. The Balaban J connectivity index is 1.61. The summed E-state index contributed by atoms with van der Waals surface area (Å²) in [6.45, 7) is 14.1. The predicted molar refractivity (Wildman–Crippen MR) is 203 cm³/mol. The van der Waals surface area contributed by atoms with Gasteiger partial charge in [-0.25, -0.2) is 8.42 Å². The van der Waals surface area contributed by atoms with E-state index < -0.39 is 15.5 Å². The van der Waals surface area contributed by atoms with Gasteiger partial charge >= 0.3 is 0 Å². The molecule has 0 saturated carbocycles. The van der Waals surface area contributed by atoms with Crippen LogP contribution in [-0.4, -0.2) is 94.0 Å². The molecule has 51 heavy (non-hydrogen) atoms. The largest absolute Gasteiger partial charge is 0.744 e. The van der Waals surface area contributed by atoms with Crippen LogP contribution >= 0.6 is 0 Å². The van der Waals surface area contributed by atoms with Crippen molar-refractivity contribution < 1.29 is 32.1 Å². The van der Waals surface area contributed by atoms with Gasteiger partial charge in [-0.2, -0.15) is 4.58 Å². The molecule has 9 nitrogen and oxygen atoms in total. The quantitative estimate of drug-likeness (QED) is 0.175. The Morgan fingerprint density at radius 1 is 0.980 bits per heavy atom. The van der Waals surface area contributed by atoms with Crippen LogP contribution in [0.5, 0.6) is 0 Å². The van der Waals surface area contributed by atoms with Crippen molar-refractivity contribution in [2.45, 2.75) is 76.0 Å². The van der Waals surface area contributed by atoms with Crippen LogP contribution in [0.4, 0.5) is 11.4 Å². The lowest BCUT2D eigenvalue weighted by molar-refractivity contribution is -0.441. The maximum atomic E-state index is 12.0. The number of rotatable bonds is 14. The SMILES string of the molecule is COCCN1/C(=C/C=C2\CCCC(/C=C/C3=[N+](CCOC)c4ccc(C)cc4C3(C)C)=C2N(C)CCCO)C(C)(C)c2cc(S(=O)(=O)[O-])ccc21. The number of anilines is 1. The van der Waals surface area contributed by atoms with Crippen molar-refractivity contribution in [1.29, 1.82) is 0 Å². The summed E-state index contributed by atoms with van der Waals surface area (Å²) in [4.78, 5) is 4.22. The summed E-state index contributed by atoms with van der Waals surface area (Å²) in [6.07, 6.45) is 12.5. The van der Waals surface area contributed by atoms with Gasteiger partial charge in [0, 0.05) is 81.2 Å². The molecule has 2 aromatic carbocycles. The van der Waals surface area contributed by atoms with E-state index in [4.69, 9.17) is 9.47 Å². The molecular weight excluding hydrogens is 663 g/mol. The molecular formula is C41H55N3O6S. The molecule has 1 N–H and O–H groups in total. The fourth-order valence-corrected chi connectivity index (χ4v) is 8.45. The molecule has 0 radical (unpaired) electrons. The minimum absolute atomic E-state index is 0.117. The third-order valence-electron chi connectivity index (χ3n) is 10.7. The van der Waals surface area contributed by atoms with Gasteiger partial charge in [-0.05, 0) is 93.5 Å². The lowest BCUT2D eigenvalue weighted by Crippen LogP contribution is -2.29. The molecule has 2 heterocycles. The van der Waals surface area contributed by atoms with Crippen LogP contribution in [0.15, 0.2) is 88.1 Å². The maximum Gasteiger partial charge on any atom is 0.209 e. The zero-order valence-electron chi connectivity index (χ0n) is 31.6. The van der Waals surface area contributed by atoms with E-state index in [0.29, 0.717) is 32.7 Å². The summed E-state index contributed by atoms with van der Waals surface area (Å²) in [5.41, 5.74) is 10.6. The van der Waals surface area contributed by atoms with E-state index in [1.54, 1.807) is 20.3 Å². The van der Waals surface area contributed by atoms with Crippen LogP contribution in [0.25, 0.3) is 0 Å². The van der Waals surface area contributed by atoms with E-state index in [1.807, 2.05) is 0 Å². The predicted octanol–water partition coefficient (Wildman–Crippen LogP) is 6.48. The fourth-order valence-electron chi connectivity index (χ4n) is 7.95. The normalized spacial score (nSPS) is 19.9. The molecule has 276 valence electrons. The first-order chi connectivity index (χ1) is 24.2. The van der Waals surface area contributed by atoms with Crippen molar-refractivity contribution in [3.63, 3.8) is 0 Å². The lowest BCUT2D eigenvalue weighted by Gasteiger charge is -2.31. The van der Waals surface area contributed by atoms with Crippen LogP contribution < -0.4 is 4.90 Å². The number of methoxy groups -OCH3 is 2. The first-order valence-corrected chi connectivity index (χ1v) is 19.3. The molecule has 0 bridgehead atoms. The minimum Gasteiger partial charge on any atom is -0.744 e. The molecule has 0 unspecified atom stereocenters. The van der Waals surface area contributed by atoms with Crippen LogP contribution in [0.2, 0.25) is 0 Å². The second-order valence-corrected chi connectivity index (χ2v) is 16.3. The number of hydrogen-bond donors (Lipinski definition) is 1. The van der Waals surface area contributed by atoms with E-state index in [-0.39, 0.29) is 16.9 Å². The summed E-state index contributed by atoms with van der Waals surface area (Å²) >= 11 is 0. The molecule has 2 aromatic rings. The van der Waals surface area contributed by atoms with E-state index in [9.17, 15) is 18.1 Å². The van der Waals surface area contributed by atoms with Gasteiger partial charge in [0.25, 0.3) is 0 Å². The standard InChI is InChI=1S/C41H55N3O6S/c1-29-13-17-35-33(27-29)40(2,3)37(43(35)22-25-49-7)19-14-30-11-9-12-31(39(30)42(6)21-10-24-45)15-20-38-41(4,5)34-28-32(51(46,47)48)16-18-36(34)44(38)23-26-50-8/h13-20,27-28,45H,9-12,21-26H2,1-8H3. The average Bonchev–Trinajstić information content (AvgIpc) is 3.43. The van der Waals surface area contributed by atoms with Gasteiger partial charge in [0.15, 0.2) is 12.3 Å². The Morgan fingerprint density at radius 3 is 2.41 bits per heavy atom. The Kier molecular flexibility index (Phi) is 11.8. The summed E-state index contributed by atoms with van der Waals surface area (Å²) < 4.78 is 49.3. The number of allylic oxidation sites excluding steroid dienone is 7. The number of ether oxygens (including phenoxy) is 2. The van der Waals surface area contributed by atoms with Crippen LogP contribution in [0.1, 0.15) is 70.1 Å². The van der Waals surface area contributed by atoms with E-state index in [1.165, 1.54) is 51.5 Å². The molecule has 1 aliphatic carbocycles. The Morgan fingerprint density at radius 2 is 1.73 bits per heavy atom. The van der Waals surface area contributed by atoms with Crippen molar-refractivity contribution in [2.75, 3.05) is 65.6 Å². The Bertz CT molecular complexity index is 1900. The lowest BCUT2D eigenvalue weighted by atomic mass is 9.80. The van der Waals surface area contributed by atoms with Gasteiger partial charge < -0.3 is 28.9 Å². The number of hydrogen-bond acceptors (Lipinski definition) is 8. The molecule has 0 amide bonds. The summed E-state index contributed by atoms with van der Waals surface area (Å²) in [6, 6.07) is 11.4. The van der Waals surface area contributed by atoms with Crippen molar-refractivity contribution in [2.24, 2.45) is 0 Å². The zero-order chi connectivity index (χ0) is 37.1. The first kappa shape index (κ1) is 38.7. The number of nitrogens with zero attached hydrogens (tertiary/aromatic N) is 3. The minimum atomic E-state index is -4.60. The van der Waals surface area contributed by atoms with Crippen LogP contribution in [-0.2, 0) is 30.4 Å². The van der Waals surface area contributed by atoms with Gasteiger partial charge in [0.05, 0.1) is 16.9 Å². The monoisotopic (exact) mass is 717 g/mol. The Hall–Kier alpha value is -3.54. The smallest absolute Gasteiger partial charge is 0.209 e. The van der Waals surface area contributed by atoms with Crippen molar-refractivity contribution in [1.82, 2.24) is 4.90 Å². The number of aliphatic hydroxyl groups excluding tert-OH is 1. The van der Waals surface area contributed by atoms with E-state index in [2.05, 4.69) is 98.5 Å². The topological polar surface area (TPSA) is 105 Å². The average molecular weight is 718 g/mol. The van der Waals surface area contributed by atoms with Gasteiger partial charge in [0.1, 0.15) is 16.7 Å². The third-order valence-corrected chi connectivity index (χ3v) is 11.5. The van der Waals surface area contributed by atoms with E-state index in [0.717, 1.165) is 42.8 Å². The van der Waals surface area contributed by atoms with Gasteiger partial charge in [-0.1, -0.05) is 37.6 Å². The van der Waals surface area contributed by atoms with Gasteiger partial charge in [-0.3, -0.25) is 0 Å². The number of benzene rings is 2. The molecule has 10 heteroatoms. The molecule has 0 fully saturated rings. The van der Waals surface area contributed by atoms with Crippen LogP contribution in [0, 0.1) is 6.92 Å². The first-order valence-electron chi connectivity index (χ1n) is 17.9. The van der Waals surface area contributed by atoms with Crippen LogP contribution in [0.3, 0.4) is 0 Å². The second-order valence-electron chi connectivity index (χ2n) is 14.9. The highest BCUT2D eigenvalue weighted by Gasteiger charge is 2.44.